The predicted molar refractivity (Wildman–Crippen MR) is 72.7 cm³/mol. The molecule has 0 saturated carbocycles. The molecule has 0 radical (unpaired) electrons. The molecule has 0 atom stereocenters. The van der Waals surface area contributed by atoms with Crippen LogP contribution < -0.4 is 0 Å². The van der Waals surface area contributed by atoms with Crippen molar-refractivity contribution in [3.05, 3.63) is 34.3 Å². The van der Waals surface area contributed by atoms with Crippen LogP contribution in [0.2, 0.25) is 5.02 Å². The van der Waals surface area contributed by atoms with E-state index in [2.05, 4.69) is 13.8 Å². The van der Waals surface area contributed by atoms with E-state index in [1.54, 1.807) is 12.1 Å². The Labute approximate surface area is 107 Å². The monoisotopic (exact) mass is 256 g/mol. The van der Waals surface area contributed by atoms with E-state index in [0.29, 0.717) is 16.7 Å². The van der Waals surface area contributed by atoms with Gasteiger partial charge in [-0.2, -0.15) is 11.8 Å². The van der Waals surface area contributed by atoms with Gasteiger partial charge in [0.15, 0.2) is 5.78 Å². The molecule has 0 saturated heterocycles. The second kappa shape index (κ2) is 6.31. The van der Waals surface area contributed by atoms with Crippen LogP contribution in [0.4, 0.5) is 0 Å². The quantitative estimate of drug-likeness (QED) is 0.728. The Morgan fingerprint density at radius 3 is 2.69 bits per heavy atom. The minimum Gasteiger partial charge on any atom is -0.294 e. The second-order valence-corrected chi connectivity index (χ2v) is 6.15. The van der Waals surface area contributed by atoms with E-state index in [-0.39, 0.29) is 5.78 Å². The van der Waals surface area contributed by atoms with Crippen LogP contribution in [0.5, 0.6) is 0 Å². The molecule has 1 nitrogen and oxygen atoms in total. The first-order chi connectivity index (χ1) is 7.50. The standard InChI is InChI=1S/C13H17ClOS/c1-9(2)16-7-6-13(15)11-4-5-12(14)10(3)8-11/h4-5,8-9H,6-7H2,1-3H3. The first-order valence-electron chi connectivity index (χ1n) is 5.41. The van der Waals surface area contributed by atoms with E-state index >= 15 is 0 Å². The van der Waals surface area contributed by atoms with Crippen LogP contribution in [-0.2, 0) is 0 Å². The summed E-state index contributed by atoms with van der Waals surface area (Å²) < 4.78 is 0. The van der Waals surface area contributed by atoms with Crippen LogP contribution in [0.25, 0.3) is 0 Å². The number of benzene rings is 1. The molecular weight excluding hydrogens is 240 g/mol. The maximum absolute atomic E-state index is 11.8. The lowest BCUT2D eigenvalue weighted by Crippen LogP contribution is -2.02. The van der Waals surface area contributed by atoms with Crippen LogP contribution in [0.3, 0.4) is 0 Å². The third-order valence-electron chi connectivity index (χ3n) is 2.26. The van der Waals surface area contributed by atoms with Gasteiger partial charge in [-0.05, 0) is 35.9 Å². The van der Waals surface area contributed by atoms with Crippen molar-refractivity contribution in [2.45, 2.75) is 32.4 Å². The Morgan fingerprint density at radius 1 is 1.44 bits per heavy atom. The van der Waals surface area contributed by atoms with E-state index < -0.39 is 0 Å². The number of hydrogen-bond donors (Lipinski definition) is 0. The van der Waals surface area contributed by atoms with Gasteiger partial charge in [-0.3, -0.25) is 4.79 Å². The summed E-state index contributed by atoms with van der Waals surface area (Å²) in [6.45, 7) is 6.20. The molecule has 1 rings (SSSR count). The summed E-state index contributed by atoms with van der Waals surface area (Å²) in [6.07, 6.45) is 0.601. The highest BCUT2D eigenvalue weighted by Gasteiger charge is 2.07. The van der Waals surface area contributed by atoms with Crippen LogP contribution in [0.15, 0.2) is 18.2 Å². The lowest BCUT2D eigenvalue weighted by atomic mass is 10.1. The van der Waals surface area contributed by atoms with Crippen LogP contribution >= 0.6 is 23.4 Å². The van der Waals surface area contributed by atoms with Gasteiger partial charge in [-0.15, -0.1) is 0 Å². The van der Waals surface area contributed by atoms with Gasteiger partial charge in [0, 0.05) is 22.8 Å². The summed E-state index contributed by atoms with van der Waals surface area (Å²) in [5, 5.41) is 1.30. The molecule has 0 aromatic heterocycles. The maximum atomic E-state index is 11.8. The Hall–Kier alpha value is -0.470. The van der Waals surface area contributed by atoms with Crippen molar-refractivity contribution >= 4 is 29.1 Å². The number of halogens is 1. The molecular formula is C13H17ClOS. The highest BCUT2D eigenvalue weighted by atomic mass is 35.5. The molecule has 0 spiro atoms. The second-order valence-electron chi connectivity index (χ2n) is 4.06. The molecule has 1 aromatic rings. The van der Waals surface area contributed by atoms with Crippen molar-refractivity contribution in [2.75, 3.05) is 5.75 Å². The van der Waals surface area contributed by atoms with E-state index in [1.165, 1.54) is 0 Å². The molecule has 0 aliphatic heterocycles. The molecule has 0 N–H and O–H groups in total. The van der Waals surface area contributed by atoms with Crippen LogP contribution in [0.1, 0.15) is 36.2 Å². The highest BCUT2D eigenvalue weighted by Crippen LogP contribution is 2.18. The molecule has 1 aromatic carbocycles. The highest BCUT2D eigenvalue weighted by molar-refractivity contribution is 7.99. The zero-order chi connectivity index (χ0) is 12.1. The largest absolute Gasteiger partial charge is 0.294 e. The van der Waals surface area contributed by atoms with E-state index in [9.17, 15) is 4.79 Å². The molecule has 0 unspecified atom stereocenters. The minimum atomic E-state index is 0.202. The number of rotatable bonds is 5. The van der Waals surface area contributed by atoms with Crippen molar-refractivity contribution in [1.82, 2.24) is 0 Å². The fraction of sp³-hybridized carbons (Fsp3) is 0.462. The lowest BCUT2D eigenvalue weighted by molar-refractivity contribution is 0.0989. The molecule has 0 amide bonds. The summed E-state index contributed by atoms with van der Waals surface area (Å²) in [4.78, 5) is 11.8. The van der Waals surface area contributed by atoms with Gasteiger partial charge in [0.05, 0.1) is 0 Å². The van der Waals surface area contributed by atoms with Crippen molar-refractivity contribution in [1.29, 1.82) is 0 Å². The first kappa shape index (κ1) is 13.6. The summed E-state index contributed by atoms with van der Waals surface area (Å²) >= 11 is 7.73. The number of Topliss-reactive ketones (excluding diaryl/α,β-unsaturated/α-hetero) is 1. The number of hydrogen-bond acceptors (Lipinski definition) is 2. The maximum Gasteiger partial charge on any atom is 0.163 e. The fourth-order valence-electron chi connectivity index (χ4n) is 1.35. The van der Waals surface area contributed by atoms with Crippen LogP contribution in [0, 0.1) is 6.92 Å². The third kappa shape index (κ3) is 4.18. The summed E-state index contributed by atoms with van der Waals surface area (Å²) in [6, 6.07) is 5.46. The zero-order valence-electron chi connectivity index (χ0n) is 9.92. The Kier molecular flexibility index (Phi) is 5.36. The van der Waals surface area contributed by atoms with Crippen molar-refractivity contribution < 1.29 is 4.79 Å². The molecule has 16 heavy (non-hydrogen) atoms. The molecule has 0 heterocycles. The Bertz CT molecular complexity index is 374. The normalized spacial score (nSPS) is 10.8. The van der Waals surface area contributed by atoms with Crippen LogP contribution in [-0.4, -0.2) is 16.8 Å². The molecule has 0 aliphatic rings. The van der Waals surface area contributed by atoms with E-state index in [0.717, 1.165) is 16.9 Å². The number of carbonyl (C=O) groups is 1. The Balaban J connectivity index is 2.56. The van der Waals surface area contributed by atoms with E-state index in [1.807, 2.05) is 24.8 Å². The Morgan fingerprint density at radius 2 is 2.12 bits per heavy atom. The minimum absolute atomic E-state index is 0.202. The number of ketones is 1. The van der Waals surface area contributed by atoms with Crippen molar-refractivity contribution in [3.8, 4) is 0 Å². The predicted octanol–water partition coefficient (Wildman–Crippen LogP) is 4.36. The smallest absolute Gasteiger partial charge is 0.163 e. The van der Waals surface area contributed by atoms with Gasteiger partial charge in [-0.25, -0.2) is 0 Å². The van der Waals surface area contributed by atoms with Gasteiger partial charge in [-0.1, -0.05) is 25.4 Å². The number of aryl methyl sites for hydroxylation is 1. The fourth-order valence-corrected chi connectivity index (χ4v) is 2.24. The van der Waals surface area contributed by atoms with Gasteiger partial charge in [0.25, 0.3) is 0 Å². The van der Waals surface area contributed by atoms with Crippen molar-refractivity contribution in [3.63, 3.8) is 0 Å². The van der Waals surface area contributed by atoms with Crippen molar-refractivity contribution in [2.24, 2.45) is 0 Å². The lowest BCUT2D eigenvalue weighted by Gasteiger charge is -2.05. The van der Waals surface area contributed by atoms with Gasteiger partial charge in [0.1, 0.15) is 0 Å². The topological polar surface area (TPSA) is 17.1 Å². The molecule has 3 heteroatoms. The zero-order valence-corrected chi connectivity index (χ0v) is 11.5. The molecule has 0 aliphatic carbocycles. The molecule has 0 bridgehead atoms. The summed E-state index contributed by atoms with van der Waals surface area (Å²) in [7, 11) is 0. The van der Waals surface area contributed by atoms with Gasteiger partial charge >= 0.3 is 0 Å². The molecule has 88 valence electrons. The summed E-state index contributed by atoms with van der Waals surface area (Å²) in [5.41, 5.74) is 1.73. The number of thioether (sulfide) groups is 1. The van der Waals surface area contributed by atoms with Gasteiger partial charge < -0.3 is 0 Å². The average Bonchev–Trinajstić information content (AvgIpc) is 2.21. The first-order valence-corrected chi connectivity index (χ1v) is 6.84. The average molecular weight is 257 g/mol. The third-order valence-corrected chi connectivity index (χ3v) is 3.79. The SMILES string of the molecule is Cc1cc(C(=O)CCSC(C)C)ccc1Cl. The van der Waals surface area contributed by atoms with Gasteiger partial charge in [0.2, 0.25) is 0 Å². The van der Waals surface area contributed by atoms with E-state index in [4.69, 9.17) is 11.6 Å². The summed E-state index contributed by atoms with van der Waals surface area (Å²) in [5.74, 6) is 1.09. The molecule has 0 fully saturated rings. The number of carbonyl (C=O) groups excluding carboxylic acids is 1.